The van der Waals surface area contributed by atoms with Crippen molar-refractivity contribution in [3.8, 4) is 0 Å². The molecule has 0 spiro atoms. The van der Waals surface area contributed by atoms with Gasteiger partial charge in [-0.15, -0.1) is 0 Å². The minimum atomic E-state index is 0. The standard InChI is InChI=1S/C6H12O.Na.H/c1-3-4-6(2)5-7;;/h5-6H,3-4H2,1-2H3;;. The van der Waals surface area contributed by atoms with Crippen LogP contribution in [0.5, 0.6) is 0 Å². The SMILES string of the molecule is CCCC(C)C=O.[NaH]. The third-order valence-corrected chi connectivity index (χ3v) is 0.976. The Morgan fingerprint density at radius 2 is 2.12 bits per heavy atom. The van der Waals surface area contributed by atoms with Crippen molar-refractivity contribution in [2.24, 2.45) is 5.92 Å². The van der Waals surface area contributed by atoms with Crippen LogP contribution in [0.15, 0.2) is 0 Å². The molecule has 0 amide bonds. The Hall–Kier alpha value is 0.670. The van der Waals surface area contributed by atoms with E-state index >= 15 is 0 Å². The second-order valence-corrected chi connectivity index (χ2v) is 1.90. The van der Waals surface area contributed by atoms with Gasteiger partial charge in [-0.1, -0.05) is 20.3 Å². The Kier molecular flexibility index (Phi) is 11.0. The molecule has 0 heterocycles. The van der Waals surface area contributed by atoms with Gasteiger partial charge in [-0.3, -0.25) is 0 Å². The average molecular weight is 124 g/mol. The van der Waals surface area contributed by atoms with E-state index < -0.39 is 0 Å². The van der Waals surface area contributed by atoms with Crippen LogP contribution in [0, 0.1) is 5.92 Å². The van der Waals surface area contributed by atoms with Crippen molar-refractivity contribution in [3.05, 3.63) is 0 Å². The molecule has 1 unspecified atom stereocenters. The fourth-order valence-electron chi connectivity index (χ4n) is 0.523. The van der Waals surface area contributed by atoms with Crippen LogP contribution in [0.4, 0.5) is 0 Å². The molecule has 0 aliphatic rings. The van der Waals surface area contributed by atoms with Gasteiger partial charge in [0.25, 0.3) is 0 Å². The third kappa shape index (κ3) is 6.67. The summed E-state index contributed by atoms with van der Waals surface area (Å²) in [6, 6.07) is 0. The molecule has 44 valence electrons. The molecule has 0 bridgehead atoms. The number of hydrogen-bond donors (Lipinski definition) is 0. The minimum absolute atomic E-state index is 0. The van der Waals surface area contributed by atoms with E-state index in [9.17, 15) is 4.79 Å². The Morgan fingerprint density at radius 1 is 1.62 bits per heavy atom. The van der Waals surface area contributed by atoms with Gasteiger partial charge in [-0.25, -0.2) is 0 Å². The summed E-state index contributed by atoms with van der Waals surface area (Å²) in [5, 5.41) is 0. The van der Waals surface area contributed by atoms with Crippen molar-refractivity contribution < 1.29 is 4.79 Å². The topological polar surface area (TPSA) is 17.1 Å². The third-order valence-electron chi connectivity index (χ3n) is 0.976. The maximum atomic E-state index is 9.89. The molecule has 8 heavy (non-hydrogen) atoms. The molecule has 0 radical (unpaired) electrons. The quantitative estimate of drug-likeness (QED) is 0.405. The summed E-state index contributed by atoms with van der Waals surface area (Å²) in [6.45, 7) is 4.02. The van der Waals surface area contributed by atoms with E-state index in [1.807, 2.05) is 6.92 Å². The van der Waals surface area contributed by atoms with Crippen LogP contribution in [0.25, 0.3) is 0 Å². The van der Waals surface area contributed by atoms with Gasteiger partial charge in [0.1, 0.15) is 6.29 Å². The molecule has 0 aromatic rings. The summed E-state index contributed by atoms with van der Waals surface area (Å²) in [7, 11) is 0. The molecule has 0 aliphatic carbocycles. The number of carbonyl (C=O) groups is 1. The zero-order chi connectivity index (χ0) is 5.70. The van der Waals surface area contributed by atoms with E-state index in [0.717, 1.165) is 19.1 Å². The zero-order valence-electron chi connectivity index (χ0n) is 4.98. The van der Waals surface area contributed by atoms with E-state index in [1.165, 1.54) is 0 Å². The van der Waals surface area contributed by atoms with Crippen LogP contribution in [0.2, 0.25) is 0 Å². The Bertz CT molecular complexity index is 54.5. The van der Waals surface area contributed by atoms with E-state index in [0.29, 0.717) is 0 Å². The summed E-state index contributed by atoms with van der Waals surface area (Å²) in [6.07, 6.45) is 3.15. The van der Waals surface area contributed by atoms with Gasteiger partial charge < -0.3 is 4.79 Å². The molecule has 0 aromatic carbocycles. The number of hydrogen-bond acceptors (Lipinski definition) is 1. The monoisotopic (exact) mass is 124 g/mol. The Labute approximate surface area is 73.1 Å². The van der Waals surface area contributed by atoms with Crippen molar-refractivity contribution in [2.75, 3.05) is 0 Å². The van der Waals surface area contributed by atoms with Crippen molar-refractivity contribution in [1.82, 2.24) is 0 Å². The Morgan fingerprint density at radius 3 is 2.25 bits per heavy atom. The van der Waals surface area contributed by atoms with Gasteiger partial charge in [0.05, 0.1) is 0 Å². The zero-order valence-corrected chi connectivity index (χ0v) is 4.98. The first-order valence-electron chi connectivity index (χ1n) is 2.76. The molecule has 1 atom stereocenters. The van der Waals surface area contributed by atoms with Gasteiger partial charge >= 0.3 is 29.6 Å². The summed E-state index contributed by atoms with van der Waals surface area (Å²) in [5.41, 5.74) is 0. The number of aldehydes is 1. The molecule has 0 aromatic heterocycles. The molecule has 2 heteroatoms. The summed E-state index contributed by atoms with van der Waals surface area (Å²) in [4.78, 5) is 9.89. The van der Waals surface area contributed by atoms with Gasteiger partial charge in [-0.05, 0) is 6.42 Å². The van der Waals surface area contributed by atoms with Crippen LogP contribution >= 0.6 is 0 Å². The number of carbonyl (C=O) groups excluding carboxylic acids is 1. The second-order valence-electron chi connectivity index (χ2n) is 1.90. The molecular weight excluding hydrogens is 111 g/mol. The fourth-order valence-corrected chi connectivity index (χ4v) is 0.523. The van der Waals surface area contributed by atoms with E-state index in [-0.39, 0.29) is 35.5 Å². The normalized spacial score (nSPS) is 11.8. The molecule has 0 aliphatic heterocycles. The van der Waals surface area contributed by atoms with Crippen LogP contribution in [0.1, 0.15) is 26.7 Å². The summed E-state index contributed by atoms with van der Waals surface area (Å²) >= 11 is 0. The Balaban J connectivity index is 0. The van der Waals surface area contributed by atoms with Crippen LogP contribution in [-0.4, -0.2) is 35.8 Å². The molecule has 0 N–H and O–H groups in total. The molecule has 0 saturated carbocycles. The fraction of sp³-hybridized carbons (Fsp3) is 0.833. The molecule has 0 fully saturated rings. The van der Waals surface area contributed by atoms with Crippen molar-refractivity contribution in [2.45, 2.75) is 26.7 Å². The van der Waals surface area contributed by atoms with Crippen LogP contribution < -0.4 is 0 Å². The second kappa shape index (κ2) is 7.67. The van der Waals surface area contributed by atoms with Crippen molar-refractivity contribution >= 4 is 35.8 Å². The molecule has 1 nitrogen and oxygen atoms in total. The molecule has 0 saturated heterocycles. The molecular formula is C6H13NaO. The van der Waals surface area contributed by atoms with Gasteiger partial charge in [-0.2, -0.15) is 0 Å². The average Bonchev–Trinajstić information content (AvgIpc) is 1.68. The summed E-state index contributed by atoms with van der Waals surface area (Å²) < 4.78 is 0. The predicted molar refractivity (Wildman–Crippen MR) is 37.3 cm³/mol. The van der Waals surface area contributed by atoms with E-state index in [4.69, 9.17) is 0 Å². The van der Waals surface area contributed by atoms with E-state index in [1.54, 1.807) is 0 Å². The maximum absolute atomic E-state index is 9.89. The van der Waals surface area contributed by atoms with E-state index in [2.05, 4.69) is 6.92 Å². The summed E-state index contributed by atoms with van der Waals surface area (Å²) in [5.74, 6) is 0.269. The predicted octanol–water partition coefficient (Wildman–Crippen LogP) is 0.973. The molecule has 0 rings (SSSR count). The first-order chi connectivity index (χ1) is 3.31. The van der Waals surface area contributed by atoms with Crippen molar-refractivity contribution in [1.29, 1.82) is 0 Å². The van der Waals surface area contributed by atoms with Crippen LogP contribution in [0.3, 0.4) is 0 Å². The van der Waals surface area contributed by atoms with Crippen LogP contribution in [-0.2, 0) is 4.79 Å². The first-order valence-corrected chi connectivity index (χ1v) is 2.76. The van der Waals surface area contributed by atoms with Crippen molar-refractivity contribution in [3.63, 3.8) is 0 Å². The number of rotatable bonds is 3. The van der Waals surface area contributed by atoms with Gasteiger partial charge in [0.15, 0.2) is 0 Å². The van der Waals surface area contributed by atoms with Gasteiger partial charge in [0.2, 0.25) is 0 Å². The first kappa shape index (κ1) is 11.5. The van der Waals surface area contributed by atoms with Gasteiger partial charge in [0, 0.05) is 5.92 Å².